The Kier molecular flexibility index (Phi) is 20.0. The number of terminal acetylenes is 1. The molecule has 0 radical (unpaired) electrons. The first kappa shape index (κ1) is 40.2. The maximum absolute atomic E-state index is 13.0. The van der Waals surface area contributed by atoms with Crippen molar-refractivity contribution in [1.29, 1.82) is 0 Å². The number of allylic oxidation sites excluding steroid dienone is 7. The fraction of sp³-hybridized carbons (Fsp3) is 0.553. The summed E-state index contributed by atoms with van der Waals surface area (Å²) < 4.78 is 11.8. The largest absolute Gasteiger partial charge is 0.455 e. The summed E-state index contributed by atoms with van der Waals surface area (Å²) in [6.07, 6.45) is 29.6. The molecule has 258 valence electrons. The molecule has 2 N–H and O–H groups in total. The average molecular weight is 683 g/mol. The van der Waals surface area contributed by atoms with E-state index in [1.807, 2.05) is 37.3 Å². The third kappa shape index (κ3) is 17.7. The quantitative estimate of drug-likeness (QED) is 0.0366. The van der Waals surface area contributed by atoms with E-state index >= 15 is 0 Å². The monoisotopic (exact) mass is 682 g/mol. The third-order valence-corrected chi connectivity index (χ3v) is 10.2. The van der Waals surface area contributed by atoms with Crippen LogP contribution in [0, 0.1) is 24.2 Å². The summed E-state index contributed by atoms with van der Waals surface area (Å²) in [6, 6.07) is -0.226. The smallest absolute Gasteiger partial charge is 0.331 e. The third-order valence-electron chi connectivity index (χ3n) is 7.76. The maximum atomic E-state index is 13.0. The maximum Gasteiger partial charge on any atom is 0.331 e. The summed E-state index contributed by atoms with van der Waals surface area (Å²) in [5.74, 6) is 4.37. The molecule has 0 saturated carbocycles. The molecule has 0 aromatic rings. The summed E-state index contributed by atoms with van der Waals surface area (Å²) in [4.78, 5) is 36.1. The number of carbonyl (C=O) groups excluding carboxylic acids is 3. The van der Waals surface area contributed by atoms with E-state index in [0.717, 1.165) is 30.6 Å². The van der Waals surface area contributed by atoms with Crippen LogP contribution < -0.4 is 10.6 Å². The molecular formula is C38H54N2O5S2. The zero-order valence-corrected chi connectivity index (χ0v) is 30.4. The van der Waals surface area contributed by atoms with Gasteiger partial charge in [-0.05, 0) is 57.9 Å². The van der Waals surface area contributed by atoms with Gasteiger partial charge in [0.2, 0.25) is 11.8 Å². The Hall–Kier alpha value is -2.93. The molecule has 0 aromatic carbocycles. The van der Waals surface area contributed by atoms with Crippen molar-refractivity contribution in [3.05, 3.63) is 71.9 Å². The minimum Gasteiger partial charge on any atom is -0.455 e. The van der Waals surface area contributed by atoms with Crippen LogP contribution >= 0.6 is 21.6 Å². The predicted octanol–water partition coefficient (Wildman–Crippen LogP) is 7.44. The summed E-state index contributed by atoms with van der Waals surface area (Å²) >= 11 is 0. The highest BCUT2D eigenvalue weighted by atomic mass is 33.1. The number of hydrogen-bond donors (Lipinski definition) is 2. The van der Waals surface area contributed by atoms with Gasteiger partial charge in [-0.1, -0.05) is 95.2 Å². The molecule has 2 amide bonds. The molecule has 4 unspecified atom stereocenters. The Morgan fingerprint density at radius 1 is 1.15 bits per heavy atom. The number of carbonyl (C=O) groups is 3. The molecule has 0 spiro atoms. The molecule has 9 heteroatoms. The topological polar surface area (TPSA) is 93.7 Å². The number of hydrogen-bond acceptors (Lipinski definition) is 7. The first-order valence-electron chi connectivity index (χ1n) is 16.7. The lowest BCUT2D eigenvalue weighted by Crippen LogP contribution is -2.47. The van der Waals surface area contributed by atoms with Crippen LogP contribution in [0.15, 0.2) is 71.9 Å². The molecule has 1 fully saturated rings. The summed E-state index contributed by atoms with van der Waals surface area (Å²) in [7, 11) is 3.28. The van der Waals surface area contributed by atoms with Crippen molar-refractivity contribution in [1.82, 2.24) is 10.6 Å². The first-order chi connectivity index (χ1) is 22.6. The Balaban J connectivity index is 1.91. The SMILES string of the molecule is C#CCCC(=O)NCCSSCCC(=O)N[C@H](/C=C/C=C(\C)CC(C)/C=C(C)\C=C\C1CC=CC(=O)O1)C1CC[C@H](C)C(/C=C/C)O1. The molecule has 47 heavy (non-hydrogen) atoms. The summed E-state index contributed by atoms with van der Waals surface area (Å²) in [5.41, 5.74) is 2.37. The van der Waals surface area contributed by atoms with Crippen molar-refractivity contribution in [2.24, 2.45) is 11.8 Å². The molecule has 7 nitrogen and oxygen atoms in total. The van der Waals surface area contributed by atoms with Gasteiger partial charge in [0.05, 0.1) is 18.2 Å². The number of amides is 2. The van der Waals surface area contributed by atoms with E-state index < -0.39 is 0 Å². The van der Waals surface area contributed by atoms with E-state index in [0.29, 0.717) is 49.8 Å². The Bertz CT molecular complexity index is 1230. The zero-order valence-electron chi connectivity index (χ0n) is 28.7. The lowest BCUT2D eigenvalue weighted by molar-refractivity contribution is -0.141. The lowest BCUT2D eigenvalue weighted by atomic mass is 9.90. The Labute approximate surface area is 291 Å². The van der Waals surface area contributed by atoms with Crippen molar-refractivity contribution in [3.63, 3.8) is 0 Å². The van der Waals surface area contributed by atoms with E-state index in [9.17, 15) is 14.4 Å². The van der Waals surface area contributed by atoms with Crippen molar-refractivity contribution in [2.75, 3.05) is 18.1 Å². The number of cyclic esters (lactones) is 1. The van der Waals surface area contributed by atoms with Gasteiger partial charge >= 0.3 is 5.97 Å². The minimum atomic E-state index is -0.292. The number of esters is 1. The van der Waals surface area contributed by atoms with Crippen LogP contribution in [-0.2, 0) is 23.9 Å². The van der Waals surface area contributed by atoms with Crippen LogP contribution in [0.2, 0.25) is 0 Å². The molecule has 2 aliphatic rings. The van der Waals surface area contributed by atoms with E-state index in [4.69, 9.17) is 15.9 Å². The molecule has 2 aliphatic heterocycles. The van der Waals surface area contributed by atoms with Crippen LogP contribution in [0.1, 0.15) is 79.6 Å². The minimum absolute atomic E-state index is 0.00199. The highest BCUT2D eigenvalue weighted by molar-refractivity contribution is 8.76. The number of nitrogens with one attached hydrogen (secondary N) is 2. The van der Waals surface area contributed by atoms with Crippen LogP contribution in [0.3, 0.4) is 0 Å². The van der Waals surface area contributed by atoms with Crippen molar-refractivity contribution >= 4 is 39.4 Å². The zero-order chi connectivity index (χ0) is 34.4. The lowest BCUT2D eigenvalue weighted by Gasteiger charge is -2.37. The van der Waals surface area contributed by atoms with Gasteiger partial charge in [0.15, 0.2) is 0 Å². The average Bonchev–Trinajstić information content (AvgIpc) is 3.03. The normalized spacial score (nSPS) is 23.5. The fourth-order valence-electron chi connectivity index (χ4n) is 5.36. The second-order valence-electron chi connectivity index (χ2n) is 12.2. The molecular weight excluding hydrogens is 629 g/mol. The van der Waals surface area contributed by atoms with Crippen molar-refractivity contribution < 1.29 is 23.9 Å². The van der Waals surface area contributed by atoms with Crippen LogP contribution in [-0.4, -0.2) is 60.2 Å². The van der Waals surface area contributed by atoms with Gasteiger partial charge in [-0.2, -0.15) is 0 Å². The van der Waals surface area contributed by atoms with Gasteiger partial charge in [0.1, 0.15) is 6.10 Å². The van der Waals surface area contributed by atoms with Gasteiger partial charge < -0.3 is 20.1 Å². The van der Waals surface area contributed by atoms with Crippen LogP contribution in [0.5, 0.6) is 0 Å². The molecule has 6 atom stereocenters. The van der Waals surface area contributed by atoms with Gasteiger partial charge in [-0.25, -0.2) is 4.79 Å². The van der Waals surface area contributed by atoms with Gasteiger partial charge in [0.25, 0.3) is 0 Å². The summed E-state index contributed by atoms with van der Waals surface area (Å²) in [6.45, 7) is 11.2. The second-order valence-corrected chi connectivity index (χ2v) is 14.9. The highest BCUT2D eigenvalue weighted by Gasteiger charge is 2.31. The first-order valence-corrected chi connectivity index (χ1v) is 19.2. The molecule has 0 aliphatic carbocycles. The highest BCUT2D eigenvalue weighted by Crippen LogP contribution is 2.28. The molecule has 1 saturated heterocycles. The summed E-state index contributed by atoms with van der Waals surface area (Å²) in [5, 5.41) is 6.09. The van der Waals surface area contributed by atoms with Crippen LogP contribution in [0.25, 0.3) is 0 Å². The predicted molar refractivity (Wildman–Crippen MR) is 198 cm³/mol. The fourth-order valence-corrected chi connectivity index (χ4v) is 7.25. The van der Waals surface area contributed by atoms with E-state index in [2.05, 4.69) is 68.6 Å². The number of rotatable bonds is 19. The van der Waals surface area contributed by atoms with E-state index in [1.165, 1.54) is 11.6 Å². The number of ether oxygens (including phenoxy) is 2. The van der Waals surface area contributed by atoms with Crippen molar-refractivity contribution in [3.8, 4) is 12.3 Å². The van der Waals surface area contributed by atoms with Gasteiger partial charge in [0, 0.05) is 49.8 Å². The molecule has 2 rings (SSSR count). The molecule has 0 bridgehead atoms. The van der Waals surface area contributed by atoms with Gasteiger partial charge in [-0.3, -0.25) is 9.59 Å². The van der Waals surface area contributed by atoms with Crippen molar-refractivity contribution in [2.45, 2.75) is 104 Å². The molecule has 2 heterocycles. The van der Waals surface area contributed by atoms with E-state index in [1.54, 1.807) is 21.6 Å². The van der Waals surface area contributed by atoms with Crippen LogP contribution in [0.4, 0.5) is 0 Å². The molecule has 0 aromatic heterocycles. The second kappa shape index (κ2) is 23.4. The van der Waals surface area contributed by atoms with Gasteiger partial charge in [-0.15, -0.1) is 12.3 Å². The standard InChI is InChI=1S/C38H54N2O5S2/c1-7-9-16-36(41)39-23-25-47-46-24-22-37(42)40-33(35-21-19-31(6)34(45-35)12-8-2)15-10-13-28(3)26-30(5)27-29(4)18-20-32-14-11-17-38(43)44-32/h1,8,10-13,15,17-18,20,27,30-35H,9,14,16,19,21-26H2,2-6H3,(H,39,41)(H,40,42)/b12-8+,15-10+,20-18+,28-13+,29-27-/t30?,31-,32?,33+,34?,35?/m0/s1. The Morgan fingerprint density at radius 3 is 2.68 bits per heavy atom. The Morgan fingerprint density at radius 2 is 1.94 bits per heavy atom. The van der Waals surface area contributed by atoms with E-state index in [-0.39, 0.29) is 42.1 Å².